The number of carbonyl (C=O) groups is 1. The van der Waals surface area contributed by atoms with Crippen molar-refractivity contribution >= 4 is 14.0 Å². The van der Waals surface area contributed by atoms with E-state index in [4.69, 9.17) is 9.26 Å². The average Bonchev–Trinajstić information content (AvgIpc) is 2.44. The molecule has 4 nitrogen and oxygen atoms in total. The van der Waals surface area contributed by atoms with Crippen molar-refractivity contribution in [1.82, 2.24) is 0 Å². The van der Waals surface area contributed by atoms with Crippen molar-refractivity contribution in [2.75, 3.05) is 13.3 Å². The molecule has 0 aromatic heterocycles. The molecule has 0 saturated carbocycles. The zero-order valence-corrected chi connectivity index (χ0v) is 13.3. The Morgan fingerprint density at radius 3 is 2.45 bits per heavy atom. The summed E-state index contributed by atoms with van der Waals surface area (Å²) in [5, 5.41) is 0. The molecule has 0 radical (unpaired) electrons. The molecule has 0 amide bonds. The van der Waals surface area contributed by atoms with Crippen LogP contribution in [0.2, 0.25) is 0 Å². The van der Waals surface area contributed by atoms with Gasteiger partial charge in [0.05, 0.1) is 5.92 Å². The third kappa shape index (κ3) is 6.36. The van der Waals surface area contributed by atoms with Gasteiger partial charge in [0.2, 0.25) is 0 Å². The second-order valence-electron chi connectivity index (χ2n) is 5.20. The molecule has 2 unspecified atom stereocenters. The van der Waals surface area contributed by atoms with Gasteiger partial charge in [0.1, 0.15) is 6.61 Å². The molecule has 112 valence electrons. The predicted molar refractivity (Wildman–Crippen MR) is 80.1 cm³/mol. The van der Waals surface area contributed by atoms with Crippen molar-refractivity contribution in [3.05, 3.63) is 35.9 Å². The highest BCUT2D eigenvalue weighted by atomic mass is 31.1. The largest absolute Gasteiger partial charge is 0.461 e. The topological polar surface area (TPSA) is 52.6 Å². The van der Waals surface area contributed by atoms with Crippen molar-refractivity contribution in [3.63, 3.8) is 0 Å². The van der Waals surface area contributed by atoms with Crippen LogP contribution in [0, 0.1) is 11.8 Å². The maximum atomic E-state index is 12.1. The van der Waals surface area contributed by atoms with Crippen molar-refractivity contribution in [3.8, 4) is 0 Å². The normalized spacial score (nSPS) is 14.0. The highest BCUT2D eigenvalue weighted by molar-refractivity contribution is 7.39. The minimum atomic E-state index is -2.15. The molecule has 0 aliphatic carbocycles. The zero-order valence-electron chi connectivity index (χ0n) is 12.3. The van der Waals surface area contributed by atoms with E-state index in [1.54, 1.807) is 0 Å². The van der Waals surface area contributed by atoms with Crippen LogP contribution in [-0.2, 0) is 25.2 Å². The number of benzene rings is 1. The molecule has 5 heteroatoms. The zero-order chi connectivity index (χ0) is 15.0. The fourth-order valence-corrected chi connectivity index (χ4v) is 2.87. The number of ether oxygens (including phenoxy) is 1. The lowest BCUT2D eigenvalue weighted by molar-refractivity contribution is -0.149. The Kier molecular flexibility index (Phi) is 7.56. The minimum absolute atomic E-state index is 0.252. The first-order valence-corrected chi connectivity index (χ1v) is 8.32. The summed E-state index contributed by atoms with van der Waals surface area (Å²) in [5.41, 5.74) is 0.948. The van der Waals surface area contributed by atoms with E-state index in [0.717, 1.165) is 5.56 Å². The van der Waals surface area contributed by atoms with Gasteiger partial charge in [-0.2, -0.15) is 0 Å². The van der Waals surface area contributed by atoms with Crippen LogP contribution in [0.25, 0.3) is 0 Å². The number of esters is 1. The molecular weight excluding hydrogens is 275 g/mol. The third-order valence-corrected chi connectivity index (χ3v) is 4.24. The van der Waals surface area contributed by atoms with Gasteiger partial charge in [-0.3, -0.25) is 9.36 Å². The fraction of sp³-hybridized carbons (Fsp3) is 0.533. The number of carbonyl (C=O) groups excluding carboxylic acids is 1. The van der Waals surface area contributed by atoms with Gasteiger partial charge in [-0.25, -0.2) is 0 Å². The summed E-state index contributed by atoms with van der Waals surface area (Å²) in [6, 6.07) is 9.53. The van der Waals surface area contributed by atoms with E-state index in [1.165, 1.54) is 7.11 Å². The molecule has 0 bridgehead atoms. The van der Waals surface area contributed by atoms with E-state index in [0.29, 0.717) is 12.3 Å². The summed E-state index contributed by atoms with van der Waals surface area (Å²) in [5.74, 6) is -0.307. The molecule has 0 saturated heterocycles. The molecule has 2 atom stereocenters. The van der Waals surface area contributed by atoms with Crippen molar-refractivity contribution in [2.24, 2.45) is 11.8 Å². The SMILES string of the molecule is CO[PH](=O)CC(CC(C)C)C(=O)OCc1ccccc1. The van der Waals surface area contributed by atoms with Gasteiger partial charge in [-0.05, 0) is 17.9 Å². The van der Waals surface area contributed by atoms with Gasteiger partial charge in [-0.1, -0.05) is 44.2 Å². The van der Waals surface area contributed by atoms with Gasteiger partial charge in [-0.15, -0.1) is 0 Å². The maximum Gasteiger partial charge on any atom is 0.309 e. The maximum absolute atomic E-state index is 12.1. The van der Waals surface area contributed by atoms with Crippen molar-refractivity contribution in [1.29, 1.82) is 0 Å². The van der Waals surface area contributed by atoms with Crippen LogP contribution in [0.3, 0.4) is 0 Å². The van der Waals surface area contributed by atoms with Crippen LogP contribution < -0.4 is 0 Å². The van der Waals surface area contributed by atoms with Gasteiger partial charge in [0, 0.05) is 13.3 Å². The lowest BCUT2D eigenvalue weighted by Crippen LogP contribution is -2.22. The number of hydrogen-bond donors (Lipinski definition) is 0. The number of hydrogen-bond acceptors (Lipinski definition) is 4. The molecule has 1 aromatic carbocycles. The van der Waals surface area contributed by atoms with Gasteiger partial charge in [0.25, 0.3) is 0 Å². The molecule has 0 fully saturated rings. The molecule has 1 rings (SSSR count). The quantitative estimate of drug-likeness (QED) is 0.544. The monoisotopic (exact) mass is 298 g/mol. The molecule has 0 heterocycles. The Morgan fingerprint density at radius 2 is 1.90 bits per heavy atom. The predicted octanol–water partition coefficient (Wildman–Crippen LogP) is 3.51. The Balaban J connectivity index is 2.56. The van der Waals surface area contributed by atoms with Gasteiger partial charge < -0.3 is 9.26 Å². The van der Waals surface area contributed by atoms with Crippen LogP contribution in [-0.4, -0.2) is 19.2 Å². The molecular formula is C15H23O4P. The molecule has 0 aliphatic heterocycles. The molecule has 0 aliphatic rings. The molecule has 1 aromatic rings. The summed E-state index contributed by atoms with van der Waals surface area (Å²) in [4.78, 5) is 12.1. The lowest BCUT2D eigenvalue weighted by atomic mass is 9.99. The summed E-state index contributed by atoms with van der Waals surface area (Å²) in [7, 11) is -0.744. The van der Waals surface area contributed by atoms with E-state index in [9.17, 15) is 9.36 Å². The van der Waals surface area contributed by atoms with Crippen molar-refractivity contribution < 1.29 is 18.6 Å². The minimum Gasteiger partial charge on any atom is -0.461 e. The highest BCUT2D eigenvalue weighted by Gasteiger charge is 2.23. The highest BCUT2D eigenvalue weighted by Crippen LogP contribution is 2.28. The molecule has 0 spiro atoms. The average molecular weight is 298 g/mol. The molecule has 0 N–H and O–H groups in total. The van der Waals surface area contributed by atoms with Crippen LogP contribution >= 0.6 is 8.03 Å². The second kappa shape index (κ2) is 8.93. The number of rotatable bonds is 8. The Bertz CT molecular complexity index is 431. The van der Waals surface area contributed by atoms with Crippen LogP contribution in [0.15, 0.2) is 30.3 Å². The summed E-state index contributed by atoms with van der Waals surface area (Å²) in [6.07, 6.45) is 0.917. The second-order valence-corrected chi connectivity index (χ2v) is 6.76. The van der Waals surface area contributed by atoms with E-state index in [-0.39, 0.29) is 24.7 Å². The third-order valence-electron chi connectivity index (χ3n) is 2.95. The van der Waals surface area contributed by atoms with Crippen LogP contribution in [0.5, 0.6) is 0 Å². The van der Waals surface area contributed by atoms with Gasteiger partial charge >= 0.3 is 5.97 Å². The lowest BCUT2D eigenvalue weighted by Gasteiger charge is -2.17. The van der Waals surface area contributed by atoms with Crippen molar-refractivity contribution in [2.45, 2.75) is 26.9 Å². The molecule has 20 heavy (non-hydrogen) atoms. The van der Waals surface area contributed by atoms with E-state index < -0.39 is 8.03 Å². The summed E-state index contributed by atoms with van der Waals surface area (Å²) in [6.45, 7) is 4.31. The fourth-order valence-electron chi connectivity index (χ4n) is 1.96. The standard InChI is InChI=1S/C15H23O4P/c1-12(2)9-14(11-20(17)18-3)15(16)19-10-13-7-5-4-6-8-13/h4-8,12,14,20H,9-11H2,1-3H3. The summed E-state index contributed by atoms with van der Waals surface area (Å²) < 4.78 is 21.7. The summed E-state index contributed by atoms with van der Waals surface area (Å²) >= 11 is 0. The van der Waals surface area contributed by atoms with E-state index >= 15 is 0 Å². The first-order chi connectivity index (χ1) is 9.52. The van der Waals surface area contributed by atoms with Crippen LogP contribution in [0.1, 0.15) is 25.8 Å². The Labute approximate surface area is 121 Å². The van der Waals surface area contributed by atoms with Crippen LogP contribution in [0.4, 0.5) is 0 Å². The first kappa shape index (κ1) is 16.9. The first-order valence-electron chi connectivity index (χ1n) is 6.80. The Morgan fingerprint density at radius 1 is 1.25 bits per heavy atom. The smallest absolute Gasteiger partial charge is 0.309 e. The van der Waals surface area contributed by atoms with E-state index in [1.807, 2.05) is 44.2 Å². The van der Waals surface area contributed by atoms with Gasteiger partial charge in [0.15, 0.2) is 8.03 Å². The Hall–Kier alpha value is -1.12. The van der Waals surface area contributed by atoms with E-state index in [2.05, 4.69) is 0 Å².